The number of rotatable bonds is 6. The minimum absolute atomic E-state index is 0.0253. The van der Waals surface area contributed by atoms with Gasteiger partial charge in [-0.25, -0.2) is 0 Å². The highest BCUT2D eigenvalue weighted by atomic mass is 16.7. The zero-order valence-electron chi connectivity index (χ0n) is 15.9. The zero-order valence-corrected chi connectivity index (χ0v) is 15.9. The van der Waals surface area contributed by atoms with E-state index in [1.54, 1.807) is 12.2 Å². The molecule has 1 aliphatic heterocycles. The molecular weight excluding hydrogens is 356 g/mol. The average Bonchev–Trinajstić information content (AvgIpc) is 2.59. The predicted octanol–water partition coefficient (Wildman–Crippen LogP) is -0.718. The minimum Gasteiger partial charge on any atom is -0.394 e. The van der Waals surface area contributed by atoms with Crippen molar-refractivity contribution >= 4 is 5.78 Å². The second-order valence-electron chi connectivity index (χ2n) is 7.94. The number of hydrogen-bond donors (Lipinski definition) is 5. The maximum atomic E-state index is 11.8. The van der Waals surface area contributed by atoms with E-state index in [9.17, 15) is 30.3 Å². The van der Waals surface area contributed by atoms with Gasteiger partial charge in [-0.05, 0) is 18.4 Å². The molecule has 2 aliphatic rings. The van der Waals surface area contributed by atoms with Gasteiger partial charge in [0.25, 0.3) is 0 Å². The van der Waals surface area contributed by atoms with E-state index in [0.717, 1.165) is 5.57 Å². The van der Waals surface area contributed by atoms with Crippen molar-refractivity contribution in [2.75, 3.05) is 13.2 Å². The molecule has 8 heteroatoms. The van der Waals surface area contributed by atoms with Gasteiger partial charge >= 0.3 is 0 Å². The molecule has 5 N–H and O–H groups in total. The third-order valence-electron chi connectivity index (χ3n) is 5.21. The fraction of sp³-hybridized carbons (Fsp3) is 0.737. The number of ketones is 1. The Morgan fingerprint density at radius 3 is 2.48 bits per heavy atom. The first kappa shape index (κ1) is 22.2. The molecular formula is C19H30O8. The standard InChI is InChI=1S/C19H30O8/c1-10-6-11(22)7-19(2,3)13(10)5-4-12(8-20)26-18-17(25)16(24)15(23)14(9-21)27-18/h4-6,12-18,20-21,23-25H,7-9H2,1-3H3/b5-4+/t12?,13-,14+,15+,16-,17+,18+/m0/s1. The smallest absolute Gasteiger partial charge is 0.187 e. The SMILES string of the molecule is CC1=CC(=O)CC(C)(C)[C@H]1/C=C/C(CO)O[C@@H]1O[C@H](CO)[C@@H](O)[C@H](O)[C@H]1O. The second-order valence-corrected chi connectivity index (χ2v) is 7.94. The van der Waals surface area contributed by atoms with E-state index < -0.39 is 50.0 Å². The summed E-state index contributed by atoms with van der Waals surface area (Å²) in [5.74, 6) is 0.0566. The fourth-order valence-corrected chi connectivity index (χ4v) is 3.72. The molecule has 7 atom stereocenters. The van der Waals surface area contributed by atoms with Crippen LogP contribution in [0.1, 0.15) is 27.2 Å². The van der Waals surface area contributed by atoms with E-state index in [0.29, 0.717) is 6.42 Å². The van der Waals surface area contributed by atoms with Crippen LogP contribution in [-0.4, -0.2) is 81.3 Å². The lowest BCUT2D eigenvalue weighted by Gasteiger charge is -2.40. The largest absolute Gasteiger partial charge is 0.394 e. The van der Waals surface area contributed by atoms with Gasteiger partial charge in [-0.1, -0.05) is 31.6 Å². The van der Waals surface area contributed by atoms with Crippen LogP contribution < -0.4 is 0 Å². The van der Waals surface area contributed by atoms with Crippen LogP contribution in [0.4, 0.5) is 0 Å². The molecule has 0 radical (unpaired) electrons. The highest BCUT2D eigenvalue weighted by Crippen LogP contribution is 2.40. The maximum Gasteiger partial charge on any atom is 0.187 e. The van der Waals surface area contributed by atoms with Gasteiger partial charge in [-0.3, -0.25) is 4.79 Å². The zero-order chi connectivity index (χ0) is 20.4. The number of carbonyl (C=O) groups excluding carboxylic acids is 1. The van der Waals surface area contributed by atoms with E-state index in [1.165, 1.54) is 0 Å². The minimum atomic E-state index is -1.54. The van der Waals surface area contributed by atoms with Crippen LogP contribution in [0.2, 0.25) is 0 Å². The van der Waals surface area contributed by atoms with Gasteiger partial charge in [0.2, 0.25) is 0 Å². The van der Waals surface area contributed by atoms with Gasteiger partial charge in [0, 0.05) is 12.3 Å². The third-order valence-corrected chi connectivity index (χ3v) is 5.21. The van der Waals surface area contributed by atoms with Crippen LogP contribution in [0.3, 0.4) is 0 Å². The molecule has 2 rings (SSSR count). The molecule has 0 amide bonds. The summed E-state index contributed by atoms with van der Waals surface area (Å²) in [6.07, 6.45) is -2.28. The van der Waals surface area contributed by atoms with Crippen LogP contribution in [0.5, 0.6) is 0 Å². The third kappa shape index (κ3) is 5.03. The molecule has 0 aromatic rings. The van der Waals surface area contributed by atoms with Crippen molar-refractivity contribution in [1.82, 2.24) is 0 Å². The monoisotopic (exact) mass is 386 g/mol. The van der Waals surface area contributed by atoms with Crippen molar-refractivity contribution in [3.63, 3.8) is 0 Å². The highest BCUT2D eigenvalue weighted by molar-refractivity contribution is 5.92. The molecule has 0 bridgehead atoms. The van der Waals surface area contributed by atoms with Gasteiger partial charge < -0.3 is 35.0 Å². The lowest BCUT2D eigenvalue weighted by atomic mass is 9.68. The predicted molar refractivity (Wildman–Crippen MR) is 95.5 cm³/mol. The van der Waals surface area contributed by atoms with Crippen molar-refractivity contribution < 1.29 is 39.8 Å². The van der Waals surface area contributed by atoms with Gasteiger partial charge in [0.1, 0.15) is 30.5 Å². The highest BCUT2D eigenvalue weighted by Gasteiger charge is 2.44. The Morgan fingerprint density at radius 2 is 1.93 bits per heavy atom. The Labute approximate surface area is 158 Å². The first-order valence-electron chi connectivity index (χ1n) is 9.07. The van der Waals surface area contributed by atoms with E-state index >= 15 is 0 Å². The van der Waals surface area contributed by atoms with Crippen molar-refractivity contribution in [2.45, 2.75) is 64.0 Å². The summed E-state index contributed by atoms with van der Waals surface area (Å²) in [6, 6.07) is 0. The Bertz CT molecular complexity index is 582. The van der Waals surface area contributed by atoms with E-state index in [-0.39, 0.29) is 17.1 Å². The number of carbonyl (C=O) groups is 1. The first-order valence-corrected chi connectivity index (χ1v) is 9.07. The van der Waals surface area contributed by atoms with Crippen molar-refractivity contribution in [1.29, 1.82) is 0 Å². The quantitative estimate of drug-likeness (QED) is 0.377. The average molecular weight is 386 g/mol. The molecule has 1 fully saturated rings. The molecule has 8 nitrogen and oxygen atoms in total. The molecule has 27 heavy (non-hydrogen) atoms. The maximum absolute atomic E-state index is 11.8. The van der Waals surface area contributed by atoms with Crippen molar-refractivity contribution in [3.05, 3.63) is 23.8 Å². The number of aliphatic hydroxyl groups excluding tert-OH is 5. The lowest BCUT2D eigenvalue weighted by molar-refractivity contribution is -0.309. The van der Waals surface area contributed by atoms with Gasteiger partial charge in [0.15, 0.2) is 12.1 Å². The molecule has 1 aliphatic carbocycles. The van der Waals surface area contributed by atoms with Crippen molar-refractivity contribution in [2.24, 2.45) is 11.3 Å². The number of aliphatic hydroxyl groups is 5. The van der Waals surface area contributed by atoms with Gasteiger partial charge in [-0.15, -0.1) is 0 Å². The molecule has 1 unspecified atom stereocenters. The van der Waals surface area contributed by atoms with E-state index in [4.69, 9.17) is 9.47 Å². The summed E-state index contributed by atoms with van der Waals surface area (Å²) in [7, 11) is 0. The molecule has 1 heterocycles. The number of ether oxygens (including phenoxy) is 2. The van der Waals surface area contributed by atoms with Gasteiger partial charge in [-0.2, -0.15) is 0 Å². The summed E-state index contributed by atoms with van der Waals surface area (Å²) in [5.41, 5.74) is 0.632. The van der Waals surface area contributed by atoms with Crippen LogP contribution in [-0.2, 0) is 14.3 Å². The Hall–Kier alpha value is -1.13. The Balaban J connectivity index is 2.10. The molecule has 0 aromatic heterocycles. The first-order chi connectivity index (χ1) is 12.6. The Morgan fingerprint density at radius 1 is 1.26 bits per heavy atom. The topological polar surface area (TPSA) is 137 Å². The van der Waals surface area contributed by atoms with Crippen molar-refractivity contribution in [3.8, 4) is 0 Å². The van der Waals surface area contributed by atoms with Crippen LogP contribution in [0.25, 0.3) is 0 Å². The van der Waals surface area contributed by atoms with E-state index in [2.05, 4.69) is 0 Å². The number of hydrogen-bond acceptors (Lipinski definition) is 8. The summed E-state index contributed by atoms with van der Waals surface area (Å²) in [4.78, 5) is 11.8. The van der Waals surface area contributed by atoms with Crippen LogP contribution >= 0.6 is 0 Å². The number of allylic oxidation sites excluding steroid dienone is 3. The van der Waals surface area contributed by atoms with E-state index in [1.807, 2.05) is 26.8 Å². The Kier molecular flexibility index (Phi) is 7.32. The molecule has 0 saturated carbocycles. The van der Waals surface area contributed by atoms with Crippen LogP contribution in [0.15, 0.2) is 23.8 Å². The summed E-state index contributed by atoms with van der Waals surface area (Å²) >= 11 is 0. The molecule has 0 spiro atoms. The van der Waals surface area contributed by atoms with Crippen LogP contribution in [0, 0.1) is 11.3 Å². The lowest BCUT2D eigenvalue weighted by Crippen LogP contribution is -2.59. The second kappa shape index (κ2) is 8.91. The van der Waals surface area contributed by atoms with Gasteiger partial charge in [0.05, 0.1) is 13.2 Å². The fourth-order valence-electron chi connectivity index (χ4n) is 3.72. The molecule has 154 valence electrons. The summed E-state index contributed by atoms with van der Waals surface area (Å²) in [6.45, 7) is 4.89. The summed E-state index contributed by atoms with van der Waals surface area (Å²) < 4.78 is 10.8. The molecule has 1 saturated heterocycles. The summed E-state index contributed by atoms with van der Waals surface area (Å²) in [5, 5.41) is 48.5. The molecule has 0 aromatic carbocycles. The normalized spacial score (nSPS) is 38.1.